The van der Waals surface area contributed by atoms with Crippen LogP contribution in [0.3, 0.4) is 0 Å². The minimum Gasteiger partial charge on any atom is -0.396 e. The van der Waals surface area contributed by atoms with Crippen LogP contribution in [0, 0.1) is 5.92 Å². The molecule has 1 fully saturated rings. The van der Waals surface area contributed by atoms with Crippen LogP contribution in [0.15, 0.2) is 30.3 Å². The lowest BCUT2D eigenvalue weighted by molar-refractivity contribution is 0.175. The number of aliphatic hydroxyl groups excluding tert-OH is 1. The first-order valence-corrected chi connectivity index (χ1v) is 6.26. The molecule has 1 aliphatic rings. The molecule has 2 nitrogen and oxygen atoms in total. The largest absolute Gasteiger partial charge is 0.396 e. The average Bonchev–Trinajstić information content (AvgIpc) is 2.38. The molecule has 16 heavy (non-hydrogen) atoms. The van der Waals surface area contributed by atoms with Crippen LogP contribution < -0.4 is 5.32 Å². The van der Waals surface area contributed by atoms with Gasteiger partial charge >= 0.3 is 0 Å². The molecule has 88 valence electrons. The Hall–Kier alpha value is -0.860. The molecule has 0 saturated heterocycles. The Morgan fingerprint density at radius 2 is 1.75 bits per heavy atom. The summed E-state index contributed by atoms with van der Waals surface area (Å²) in [6.07, 6.45) is 4.75. The second-order valence-corrected chi connectivity index (χ2v) is 4.77. The lowest BCUT2D eigenvalue weighted by Gasteiger charge is -2.28. The number of rotatable bonds is 4. The lowest BCUT2D eigenvalue weighted by Crippen LogP contribution is -2.33. The molecule has 1 saturated carbocycles. The molecule has 0 bridgehead atoms. The third-order valence-corrected chi connectivity index (χ3v) is 3.54. The second kappa shape index (κ2) is 6.02. The molecule has 0 heterocycles. The third kappa shape index (κ3) is 3.32. The standard InChI is InChI=1S/C14H21NO/c16-11-13-6-8-14(9-7-13)15-10-12-4-2-1-3-5-12/h1-5,13-16H,6-11H2. The van der Waals surface area contributed by atoms with E-state index in [0.717, 1.165) is 6.54 Å². The number of hydrogen-bond donors (Lipinski definition) is 2. The van der Waals surface area contributed by atoms with E-state index in [-0.39, 0.29) is 0 Å². The summed E-state index contributed by atoms with van der Waals surface area (Å²) in [5.74, 6) is 0.551. The lowest BCUT2D eigenvalue weighted by atomic mass is 9.86. The predicted octanol–water partition coefficient (Wildman–Crippen LogP) is 2.33. The van der Waals surface area contributed by atoms with Crippen molar-refractivity contribution in [3.8, 4) is 0 Å². The minimum atomic E-state index is 0.366. The van der Waals surface area contributed by atoms with Crippen molar-refractivity contribution in [3.63, 3.8) is 0 Å². The molecule has 1 aromatic rings. The highest BCUT2D eigenvalue weighted by Gasteiger charge is 2.19. The van der Waals surface area contributed by atoms with Crippen LogP contribution in [-0.4, -0.2) is 17.8 Å². The molecule has 1 aliphatic carbocycles. The van der Waals surface area contributed by atoms with Crippen molar-refractivity contribution >= 4 is 0 Å². The fourth-order valence-corrected chi connectivity index (χ4v) is 2.41. The van der Waals surface area contributed by atoms with Gasteiger partial charge < -0.3 is 10.4 Å². The van der Waals surface area contributed by atoms with Gasteiger partial charge in [-0.1, -0.05) is 30.3 Å². The van der Waals surface area contributed by atoms with Crippen LogP contribution in [-0.2, 0) is 6.54 Å². The van der Waals surface area contributed by atoms with Gasteiger partial charge in [-0.15, -0.1) is 0 Å². The SMILES string of the molecule is OCC1CCC(NCc2ccccc2)CC1. The quantitative estimate of drug-likeness (QED) is 0.814. The maximum Gasteiger partial charge on any atom is 0.0459 e. The molecule has 2 N–H and O–H groups in total. The summed E-state index contributed by atoms with van der Waals surface area (Å²) in [6.45, 7) is 1.33. The van der Waals surface area contributed by atoms with Gasteiger partial charge in [-0.2, -0.15) is 0 Å². The summed E-state index contributed by atoms with van der Waals surface area (Å²) in [7, 11) is 0. The maximum absolute atomic E-state index is 9.06. The Morgan fingerprint density at radius 3 is 2.38 bits per heavy atom. The topological polar surface area (TPSA) is 32.3 Å². The van der Waals surface area contributed by atoms with E-state index in [2.05, 4.69) is 35.6 Å². The zero-order valence-corrected chi connectivity index (χ0v) is 9.73. The normalized spacial score (nSPS) is 25.6. The van der Waals surface area contributed by atoms with Gasteiger partial charge in [0.25, 0.3) is 0 Å². The van der Waals surface area contributed by atoms with E-state index < -0.39 is 0 Å². The Kier molecular flexibility index (Phi) is 4.37. The van der Waals surface area contributed by atoms with Gasteiger partial charge in [0.2, 0.25) is 0 Å². The van der Waals surface area contributed by atoms with E-state index in [4.69, 9.17) is 5.11 Å². The van der Waals surface area contributed by atoms with E-state index in [1.165, 1.54) is 31.2 Å². The first-order valence-electron chi connectivity index (χ1n) is 6.26. The van der Waals surface area contributed by atoms with Crippen molar-refractivity contribution in [3.05, 3.63) is 35.9 Å². The molecule has 0 aliphatic heterocycles. The van der Waals surface area contributed by atoms with E-state index >= 15 is 0 Å². The minimum absolute atomic E-state index is 0.366. The molecule has 0 spiro atoms. The van der Waals surface area contributed by atoms with Gasteiger partial charge in [0.1, 0.15) is 0 Å². The van der Waals surface area contributed by atoms with Crippen LogP contribution in [0.2, 0.25) is 0 Å². The Labute approximate surface area is 97.7 Å². The highest BCUT2D eigenvalue weighted by atomic mass is 16.3. The van der Waals surface area contributed by atoms with E-state index in [0.29, 0.717) is 18.6 Å². The third-order valence-electron chi connectivity index (χ3n) is 3.54. The molecular weight excluding hydrogens is 198 g/mol. The van der Waals surface area contributed by atoms with Crippen LogP contribution >= 0.6 is 0 Å². The van der Waals surface area contributed by atoms with Crippen molar-refractivity contribution in [2.45, 2.75) is 38.3 Å². The molecule has 0 unspecified atom stereocenters. The fourth-order valence-electron chi connectivity index (χ4n) is 2.41. The van der Waals surface area contributed by atoms with Crippen LogP contribution in [0.25, 0.3) is 0 Å². The second-order valence-electron chi connectivity index (χ2n) is 4.77. The number of benzene rings is 1. The van der Waals surface area contributed by atoms with Crippen molar-refractivity contribution < 1.29 is 5.11 Å². The summed E-state index contributed by atoms with van der Waals surface area (Å²) in [5.41, 5.74) is 1.35. The highest BCUT2D eigenvalue weighted by Crippen LogP contribution is 2.23. The number of nitrogens with one attached hydrogen (secondary N) is 1. The van der Waals surface area contributed by atoms with Crippen LogP contribution in [0.1, 0.15) is 31.2 Å². The first-order chi connectivity index (χ1) is 7.88. The zero-order chi connectivity index (χ0) is 11.2. The Bertz CT molecular complexity index is 291. The van der Waals surface area contributed by atoms with Crippen LogP contribution in [0.5, 0.6) is 0 Å². The summed E-state index contributed by atoms with van der Waals surface area (Å²) in [6, 6.07) is 11.2. The van der Waals surface area contributed by atoms with Gasteiger partial charge in [0.15, 0.2) is 0 Å². The number of hydrogen-bond acceptors (Lipinski definition) is 2. The first kappa shape index (κ1) is 11.6. The van der Waals surface area contributed by atoms with E-state index in [9.17, 15) is 0 Å². The van der Waals surface area contributed by atoms with Gasteiger partial charge in [0.05, 0.1) is 0 Å². The van der Waals surface area contributed by atoms with Gasteiger partial charge in [0, 0.05) is 19.2 Å². The summed E-state index contributed by atoms with van der Waals surface area (Å²) in [4.78, 5) is 0. The van der Waals surface area contributed by atoms with Crippen LogP contribution in [0.4, 0.5) is 0 Å². The Morgan fingerprint density at radius 1 is 1.06 bits per heavy atom. The fraction of sp³-hybridized carbons (Fsp3) is 0.571. The molecule has 2 heteroatoms. The molecule has 2 rings (SSSR count). The molecule has 0 radical (unpaired) electrons. The maximum atomic E-state index is 9.06. The molecule has 0 atom stereocenters. The summed E-state index contributed by atoms with van der Waals surface area (Å²) < 4.78 is 0. The van der Waals surface area contributed by atoms with Crippen molar-refractivity contribution in [1.82, 2.24) is 5.32 Å². The monoisotopic (exact) mass is 219 g/mol. The molecule has 0 amide bonds. The zero-order valence-electron chi connectivity index (χ0n) is 9.73. The number of aliphatic hydroxyl groups is 1. The summed E-state index contributed by atoms with van der Waals surface area (Å²) in [5, 5.41) is 12.7. The highest BCUT2D eigenvalue weighted by molar-refractivity contribution is 5.14. The smallest absolute Gasteiger partial charge is 0.0459 e. The van der Waals surface area contributed by atoms with Crippen molar-refractivity contribution in [2.24, 2.45) is 5.92 Å². The van der Waals surface area contributed by atoms with Crippen molar-refractivity contribution in [1.29, 1.82) is 0 Å². The summed E-state index contributed by atoms with van der Waals surface area (Å²) >= 11 is 0. The van der Waals surface area contributed by atoms with Gasteiger partial charge in [-0.05, 0) is 37.2 Å². The van der Waals surface area contributed by atoms with Gasteiger partial charge in [-0.25, -0.2) is 0 Å². The molecule has 1 aromatic carbocycles. The van der Waals surface area contributed by atoms with Crippen molar-refractivity contribution in [2.75, 3.05) is 6.61 Å². The van der Waals surface area contributed by atoms with Gasteiger partial charge in [-0.3, -0.25) is 0 Å². The molecule has 0 aromatic heterocycles. The Balaban J connectivity index is 1.72. The van der Waals surface area contributed by atoms with E-state index in [1.54, 1.807) is 0 Å². The molecular formula is C14H21NO. The average molecular weight is 219 g/mol. The van der Waals surface area contributed by atoms with E-state index in [1.807, 2.05) is 0 Å². The predicted molar refractivity (Wildman–Crippen MR) is 66.1 cm³/mol.